The predicted molar refractivity (Wildman–Crippen MR) is 102 cm³/mol. The van der Waals surface area contributed by atoms with Gasteiger partial charge in [-0.25, -0.2) is 0 Å². The number of nitrogens with zero attached hydrogens (tertiary/aromatic N) is 3. The van der Waals surface area contributed by atoms with Gasteiger partial charge in [-0.1, -0.05) is 5.11 Å². The first-order chi connectivity index (χ1) is 9.68. The van der Waals surface area contributed by atoms with E-state index in [9.17, 15) is 0 Å². The fourth-order valence-electron chi connectivity index (χ4n) is 2.56. The molecule has 0 saturated carbocycles. The lowest BCUT2D eigenvalue weighted by molar-refractivity contribution is 0.323. The molecule has 22 heavy (non-hydrogen) atoms. The molecule has 0 rings (SSSR count). The monoisotopic (exact) mass is 379 g/mol. The average Bonchev–Trinajstić information content (AvgIpc) is 2.16. The molecule has 6 nitrogen and oxygen atoms in total. The van der Waals surface area contributed by atoms with Crippen molar-refractivity contribution < 1.29 is 12.3 Å². The fraction of sp³-hybridized carbons (Fsp3) is 1.00. The van der Waals surface area contributed by atoms with E-state index in [1.54, 1.807) is 0 Å². The highest BCUT2D eigenvalue weighted by molar-refractivity contribution is 6.89. The van der Waals surface area contributed by atoms with E-state index in [1.165, 1.54) is 0 Å². The number of rotatable bonds is 10. The minimum absolute atomic E-state index is 0.494. The summed E-state index contributed by atoms with van der Waals surface area (Å²) in [5.74, 6) is 0. The second kappa shape index (κ2) is 8.24. The molecule has 0 aliphatic rings. The van der Waals surface area contributed by atoms with E-state index in [4.69, 9.17) is 17.9 Å². The Labute approximate surface area is 139 Å². The molecule has 0 aromatic rings. The minimum atomic E-state index is -2.33. The van der Waals surface area contributed by atoms with Gasteiger partial charge in [-0.15, -0.1) is 0 Å². The lowest BCUT2D eigenvalue weighted by atomic mass is 10.5. The zero-order valence-electron chi connectivity index (χ0n) is 15.7. The maximum absolute atomic E-state index is 8.40. The molecule has 0 radical (unpaired) electrons. The number of hydrogen-bond donors (Lipinski definition) is 0. The SMILES string of the molecule is C[Si](C)(C)O[Si](C)(C)O[Si](C)(CCCN=[N+]=[N-])O[Si](C)(C)C. The normalized spacial score (nSPS) is 16.0. The zero-order valence-corrected chi connectivity index (χ0v) is 19.7. The van der Waals surface area contributed by atoms with Crippen LogP contribution < -0.4 is 0 Å². The highest BCUT2D eigenvalue weighted by Crippen LogP contribution is 2.27. The molecule has 10 heteroatoms. The lowest BCUT2D eigenvalue weighted by Gasteiger charge is -2.41. The van der Waals surface area contributed by atoms with Crippen LogP contribution in [-0.2, 0) is 12.3 Å². The molecule has 130 valence electrons. The summed E-state index contributed by atoms with van der Waals surface area (Å²) in [4.78, 5) is 2.81. The summed E-state index contributed by atoms with van der Waals surface area (Å²) in [6.07, 6.45) is 0.800. The summed E-state index contributed by atoms with van der Waals surface area (Å²) in [6, 6.07) is 0.835. The molecule has 0 amide bonds. The predicted octanol–water partition coefficient (Wildman–Crippen LogP) is 5.18. The highest BCUT2D eigenvalue weighted by atomic mass is 28.5. The van der Waals surface area contributed by atoms with Gasteiger partial charge in [0.1, 0.15) is 0 Å². The van der Waals surface area contributed by atoms with Gasteiger partial charge < -0.3 is 12.3 Å². The van der Waals surface area contributed by atoms with Crippen LogP contribution in [0.15, 0.2) is 5.11 Å². The van der Waals surface area contributed by atoms with Crippen molar-refractivity contribution in [1.82, 2.24) is 0 Å². The molecule has 0 fully saturated rings. The van der Waals surface area contributed by atoms with Gasteiger partial charge in [0.25, 0.3) is 0 Å². The molecule has 0 aromatic carbocycles. The minimum Gasteiger partial charge on any atom is -0.437 e. The summed E-state index contributed by atoms with van der Waals surface area (Å²) in [7, 11) is -7.91. The third-order valence-electron chi connectivity index (χ3n) is 2.49. The quantitative estimate of drug-likeness (QED) is 0.172. The van der Waals surface area contributed by atoms with Gasteiger partial charge in [-0.3, -0.25) is 0 Å². The van der Waals surface area contributed by atoms with E-state index in [0.29, 0.717) is 6.54 Å². The van der Waals surface area contributed by atoms with Crippen LogP contribution in [-0.4, -0.2) is 40.3 Å². The molecule has 0 bridgehead atoms. The van der Waals surface area contributed by atoms with Gasteiger partial charge >= 0.3 is 17.1 Å². The third kappa shape index (κ3) is 11.6. The molecule has 0 aliphatic heterocycles. The first-order valence-corrected chi connectivity index (χ1v) is 20.0. The average molecular weight is 380 g/mol. The largest absolute Gasteiger partial charge is 0.437 e. The Hall–Kier alpha value is 0.0575. The van der Waals surface area contributed by atoms with Gasteiger partial charge in [0.05, 0.1) is 0 Å². The maximum atomic E-state index is 8.40. The number of hydrogen-bond acceptors (Lipinski definition) is 4. The van der Waals surface area contributed by atoms with E-state index in [1.807, 2.05) is 0 Å². The topological polar surface area (TPSA) is 76.5 Å². The van der Waals surface area contributed by atoms with Gasteiger partial charge in [0.15, 0.2) is 16.6 Å². The standard InChI is InChI=1S/C12H33N3O3Si4/c1-19(2,3)16-21(7,8)18-22(9,17-20(4,5)6)12-10-11-14-15-13/h10-12H2,1-9H3. The van der Waals surface area contributed by atoms with E-state index in [-0.39, 0.29) is 0 Å². The molecule has 0 aliphatic carbocycles. The van der Waals surface area contributed by atoms with Gasteiger partial charge in [-0.05, 0) is 76.9 Å². The maximum Gasteiger partial charge on any atom is 0.315 e. The first-order valence-electron chi connectivity index (χ1n) is 7.79. The Balaban J connectivity index is 5.01. The Kier molecular flexibility index (Phi) is 8.26. The molecular formula is C12H33N3O3Si4. The van der Waals surface area contributed by atoms with Crippen molar-refractivity contribution in [1.29, 1.82) is 0 Å². The van der Waals surface area contributed by atoms with Crippen molar-refractivity contribution in [3.8, 4) is 0 Å². The second-order valence-corrected chi connectivity index (χ2v) is 24.6. The molecule has 1 unspecified atom stereocenters. The van der Waals surface area contributed by atoms with Crippen LogP contribution in [0.25, 0.3) is 10.4 Å². The summed E-state index contributed by atoms with van der Waals surface area (Å²) in [5.41, 5.74) is 8.40. The number of azide groups is 1. The van der Waals surface area contributed by atoms with Crippen LogP contribution in [0.5, 0.6) is 0 Å². The lowest BCUT2D eigenvalue weighted by Crippen LogP contribution is -2.56. The Morgan fingerprint density at radius 1 is 0.818 bits per heavy atom. The smallest absolute Gasteiger partial charge is 0.315 e. The zero-order chi connectivity index (χ0) is 17.7. The van der Waals surface area contributed by atoms with E-state index >= 15 is 0 Å². The molecule has 1 atom stereocenters. The van der Waals surface area contributed by atoms with Crippen LogP contribution in [0.4, 0.5) is 0 Å². The van der Waals surface area contributed by atoms with Crippen LogP contribution in [0.2, 0.25) is 65.0 Å². The van der Waals surface area contributed by atoms with Crippen molar-refractivity contribution >= 4 is 33.8 Å². The second-order valence-electron chi connectivity index (χ2n) is 8.12. The van der Waals surface area contributed by atoms with E-state index in [0.717, 1.165) is 12.5 Å². The van der Waals surface area contributed by atoms with Crippen molar-refractivity contribution in [3.05, 3.63) is 10.4 Å². The molecular weight excluding hydrogens is 346 g/mol. The van der Waals surface area contributed by atoms with Crippen LogP contribution in [0.3, 0.4) is 0 Å². The fourth-order valence-corrected chi connectivity index (χ4v) is 20.5. The molecule has 0 spiro atoms. The Morgan fingerprint density at radius 2 is 1.32 bits per heavy atom. The third-order valence-corrected chi connectivity index (χ3v) is 16.0. The first kappa shape index (κ1) is 22.1. The van der Waals surface area contributed by atoms with Crippen molar-refractivity contribution in [2.24, 2.45) is 5.11 Å². The van der Waals surface area contributed by atoms with Crippen LogP contribution >= 0.6 is 0 Å². The molecule has 0 saturated heterocycles. The van der Waals surface area contributed by atoms with E-state index in [2.05, 4.69) is 68.9 Å². The van der Waals surface area contributed by atoms with Crippen molar-refractivity contribution in [2.75, 3.05) is 6.54 Å². The summed E-state index contributed by atoms with van der Waals surface area (Å²) in [5, 5.41) is 3.62. The van der Waals surface area contributed by atoms with Crippen molar-refractivity contribution in [2.45, 2.75) is 71.4 Å². The summed E-state index contributed by atoms with van der Waals surface area (Å²) < 4.78 is 19.3. The Bertz CT molecular complexity index is 403. The summed E-state index contributed by atoms with van der Waals surface area (Å²) >= 11 is 0. The summed E-state index contributed by atoms with van der Waals surface area (Å²) in [6.45, 7) is 19.9. The molecule has 0 heterocycles. The van der Waals surface area contributed by atoms with Crippen LogP contribution in [0, 0.1) is 0 Å². The van der Waals surface area contributed by atoms with Crippen molar-refractivity contribution in [3.63, 3.8) is 0 Å². The van der Waals surface area contributed by atoms with Gasteiger partial charge in [0, 0.05) is 11.5 Å². The molecule has 0 N–H and O–H groups in total. The van der Waals surface area contributed by atoms with Gasteiger partial charge in [0.2, 0.25) is 0 Å². The molecule has 0 aromatic heterocycles. The van der Waals surface area contributed by atoms with Gasteiger partial charge in [-0.2, -0.15) is 0 Å². The highest BCUT2D eigenvalue weighted by Gasteiger charge is 2.43. The Morgan fingerprint density at radius 3 is 1.73 bits per heavy atom. The van der Waals surface area contributed by atoms with Crippen LogP contribution in [0.1, 0.15) is 6.42 Å². The van der Waals surface area contributed by atoms with E-state index < -0.39 is 33.8 Å².